The summed E-state index contributed by atoms with van der Waals surface area (Å²) in [5, 5.41) is 8.51. The van der Waals surface area contributed by atoms with Crippen molar-refractivity contribution in [3.8, 4) is 46.0 Å². The first-order chi connectivity index (χ1) is 71.9. The van der Waals surface area contributed by atoms with Crippen LogP contribution < -0.4 is 37.9 Å². The molecule has 0 saturated carbocycles. The summed E-state index contributed by atoms with van der Waals surface area (Å²) >= 11 is 0. The van der Waals surface area contributed by atoms with Gasteiger partial charge < -0.3 is 161 Å². The number of azo groups is 1. The molecular formula is C102H134N2O44. The SMILES string of the molecule is CC(=O)OC[C@H]1O[C@@H](OCCOCCOCCOc2ccc(OCCOCCOCCOc3ccc(OCCOCCOCCOC(=O)c4cccc(N=Nc5cccc(C(=O)OCCOCCOCCOc6ccc(OCCOCCOCCOc7ccc(OCCOCCOCCO[C@@H]8O[C@H](COC(C)=O)[C@@H](OC(C)=O)[C@H](OC(C)=O)[C@H]8OC(C)=O)cc7)cc6)c5)c4)cc3)cc2)[C@H](OC(C)=O)[C@@H](OC(C)=O)[C@@H]1OC(C)=O. The van der Waals surface area contributed by atoms with Crippen LogP contribution in [0.15, 0.2) is 156 Å². The van der Waals surface area contributed by atoms with Gasteiger partial charge in [-0.05, 0) is 133 Å². The summed E-state index contributed by atoms with van der Waals surface area (Å²) in [6.45, 7) is 17.6. The van der Waals surface area contributed by atoms with Gasteiger partial charge in [0.25, 0.3) is 0 Å². The van der Waals surface area contributed by atoms with E-state index in [9.17, 15) is 47.9 Å². The van der Waals surface area contributed by atoms with E-state index in [0.29, 0.717) is 176 Å². The molecule has 46 heteroatoms. The molecule has 0 aromatic heterocycles. The molecule has 10 atom stereocenters. The van der Waals surface area contributed by atoms with Crippen molar-refractivity contribution in [3.05, 3.63) is 157 Å². The third kappa shape index (κ3) is 51.8. The molecule has 0 radical (unpaired) electrons. The van der Waals surface area contributed by atoms with Gasteiger partial charge >= 0.3 is 59.7 Å². The molecule has 0 amide bonds. The number of carbonyl (C=O) groups excluding carboxylic acids is 10. The minimum Gasteiger partial charge on any atom is -0.491 e. The summed E-state index contributed by atoms with van der Waals surface area (Å²) in [5.74, 6) is -1.71. The van der Waals surface area contributed by atoms with E-state index in [1.54, 1.807) is 133 Å². The van der Waals surface area contributed by atoms with E-state index in [2.05, 4.69) is 10.2 Å². The zero-order chi connectivity index (χ0) is 106. The quantitative estimate of drug-likeness (QED) is 0.0149. The lowest BCUT2D eigenvalue weighted by Gasteiger charge is -2.44. The fourth-order valence-electron chi connectivity index (χ4n) is 13.4. The van der Waals surface area contributed by atoms with Gasteiger partial charge in [0.05, 0.1) is 194 Å². The summed E-state index contributed by atoms with van der Waals surface area (Å²) in [4.78, 5) is 121. The molecule has 6 aromatic carbocycles. The third-order valence-corrected chi connectivity index (χ3v) is 19.8. The van der Waals surface area contributed by atoms with Crippen molar-refractivity contribution >= 4 is 71.1 Å². The Balaban J connectivity index is 0.533. The Bertz CT molecular complexity index is 4530. The summed E-state index contributed by atoms with van der Waals surface area (Å²) in [5.41, 5.74) is 1.32. The number of hydrogen-bond acceptors (Lipinski definition) is 46. The van der Waals surface area contributed by atoms with Gasteiger partial charge in [0.1, 0.15) is 137 Å². The van der Waals surface area contributed by atoms with Gasteiger partial charge in [-0.2, -0.15) is 10.2 Å². The Hall–Kier alpha value is -12.6. The van der Waals surface area contributed by atoms with Gasteiger partial charge in [-0.25, -0.2) is 9.59 Å². The van der Waals surface area contributed by atoms with Crippen molar-refractivity contribution in [2.75, 3.05) is 251 Å². The predicted molar refractivity (Wildman–Crippen MR) is 513 cm³/mol. The lowest BCUT2D eigenvalue weighted by Crippen LogP contribution is -2.63. The molecule has 816 valence electrons. The number of benzene rings is 6. The predicted octanol–water partition coefficient (Wildman–Crippen LogP) is 8.65. The van der Waals surface area contributed by atoms with Gasteiger partial charge in [0.15, 0.2) is 49.2 Å². The number of carbonyl (C=O) groups is 10. The Labute approximate surface area is 857 Å². The van der Waals surface area contributed by atoms with Gasteiger partial charge in [0, 0.05) is 55.4 Å². The van der Waals surface area contributed by atoms with E-state index in [1.165, 1.54) is 26.0 Å². The molecule has 2 aliphatic heterocycles. The third-order valence-electron chi connectivity index (χ3n) is 19.8. The molecule has 2 fully saturated rings. The van der Waals surface area contributed by atoms with Crippen LogP contribution in [0.5, 0.6) is 46.0 Å². The second kappa shape index (κ2) is 72.7. The van der Waals surface area contributed by atoms with Crippen molar-refractivity contribution in [2.45, 2.75) is 117 Å². The van der Waals surface area contributed by atoms with Crippen LogP contribution in [0.25, 0.3) is 0 Å². The number of rotatable bonds is 78. The maximum Gasteiger partial charge on any atom is 0.338 e. The normalized spacial score (nSPS) is 17.3. The highest BCUT2D eigenvalue weighted by Gasteiger charge is 2.54. The van der Waals surface area contributed by atoms with Crippen LogP contribution in [0, 0.1) is 0 Å². The fourth-order valence-corrected chi connectivity index (χ4v) is 13.4. The maximum absolute atomic E-state index is 12.9. The van der Waals surface area contributed by atoms with Crippen LogP contribution in [-0.4, -0.2) is 372 Å². The van der Waals surface area contributed by atoms with Crippen LogP contribution in [0.3, 0.4) is 0 Å². The monoisotopic (exact) mass is 2090 g/mol. The smallest absolute Gasteiger partial charge is 0.338 e. The second-order valence-corrected chi connectivity index (χ2v) is 31.5. The zero-order valence-electron chi connectivity index (χ0n) is 84.4. The second-order valence-electron chi connectivity index (χ2n) is 31.5. The van der Waals surface area contributed by atoms with E-state index in [-0.39, 0.29) is 143 Å². The molecule has 2 aliphatic rings. The minimum atomic E-state index is -1.34. The van der Waals surface area contributed by atoms with Gasteiger partial charge in [-0.15, -0.1) is 0 Å². The Kier molecular flexibility index (Phi) is 59.2. The fraction of sp³-hybridized carbons (Fsp3) is 0.549. The first-order valence-corrected chi connectivity index (χ1v) is 48.1. The van der Waals surface area contributed by atoms with Crippen LogP contribution in [0.4, 0.5) is 11.4 Å². The van der Waals surface area contributed by atoms with E-state index >= 15 is 0 Å². The van der Waals surface area contributed by atoms with Crippen molar-refractivity contribution in [1.82, 2.24) is 0 Å². The highest BCUT2D eigenvalue weighted by Crippen LogP contribution is 2.34. The first-order valence-electron chi connectivity index (χ1n) is 48.1. The zero-order valence-corrected chi connectivity index (χ0v) is 84.4. The summed E-state index contributed by atoms with van der Waals surface area (Å²) in [6.07, 6.45) is -12.8. The van der Waals surface area contributed by atoms with Crippen LogP contribution in [0.1, 0.15) is 76.1 Å². The molecule has 2 saturated heterocycles. The van der Waals surface area contributed by atoms with E-state index in [1.807, 2.05) is 0 Å². The lowest BCUT2D eigenvalue weighted by molar-refractivity contribution is -0.309. The molecule has 46 nitrogen and oxygen atoms in total. The number of nitrogens with zero attached hydrogens (tertiary/aromatic N) is 2. The molecule has 6 aromatic rings. The van der Waals surface area contributed by atoms with Gasteiger partial charge in [-0.1, -0.05) is 12.1 Å². The van der Waals surface area contributed by atoms with Crippen molar-refractivity contribution in [2.24, 2.45) is 10.2 Å². The summed E-state index contributed by atoms with van der Waals surface area (Å²) in [6, 6.07) is 41.6. The standard InChI is InChI=1S/C102H134N2O44/c1-71(105)139-69-91-93(141-73(3)107)95(143-75(5)109)97(145-77(7)111)101(147-91)137-65-53-125-41-37-121-49-61-133-89-27-19-85(20-28-89)129-57-45-117-33-31-115-43-55-127-83-15-23-87(24-16-83)131-59-47-119-35-39-123-51-63-135-99(113)79-11-9-13-81(67-79)103-104-82-14-10-12-80(68-82)100(114)136-64-52-124-40-36-120-48-60-132-88-25-17-84(18-26-88)128-56-44-116-32-34-118-46-58-130-86-21-29-90(30-22-86)134-62-50-122-38-42-126-54-66-138-102-98(146-78(8)112)96(144-76(6)110)94(142-74(4)108)92(148-102)70-140-72(2)106/h9-30,67-68,91-98,101-102H,31-66,69-70H2,1-8H3/t91-,92-,93-,94-,95+,96+,97-,98-,101-,102-/m1/s1. The van der Waals surface area contributed by atoms with E-state index in [0.717, 1.165) is 41.5 Å². The number of ether oxygens (including phenoxy) is 34. The molecule has 148 heavy (non-hydrogen) atoms. The van der Waals surface area contributed by atoms with Crippen LogP contribution in [-0.2, 0) is 162 Å². The highest BCUT2D eigenvalue weighted by atomic mass is 16.8. The molecule has 8 rings (SSSR count). The molecule has 0 bridgehead atoms. The Morgan fingerprint density at radius 1 is 0.216 bits per heavy atom. The van der Waals surface area contributed by atoms with Crippen molar-refractivity contribution in [3.63, 3.8) is 0 Å². The van der Waals surface area contributed by atoms with E-state index in [4.69, 9.17) is 161 Å². The molecule has 0 N–H and O–H groups in total. The van der Waals surface area contributed by atoms with E-state index < -0.39 is 121 Å². The Morgan fingerprint density at radius 3 is 0.628 bits per heavy atom. The van der Waals surface area contributed by atoms with Gasteiger partial charge in [0.2, 0.25) is 0 Å². The number of esters is 10. The Morgan fingerprint density at radius 2 is 0.412 bits per heavy atom. The molecule has 2 heterocycles. The first kappa shape index (κ1) is 121. The van der Waals surface area contributed by atoms with Crippen molar-refractivity contribution in [1.29, 1.82) is 0 Å². The van der Waals surface area contributed by atoms with Crippen LogP contribution >= 0.6 is 0 Å². The summed E-state index contributed by atoms with van der Waals surface area (Å²) in [7, 11) is 0. The number of hydrogen-bond donors (Lipinski definition) is 0. The van der Waals surface area contributed by atoms with Crippen LogP contribution in [0.2, 0.25) is 0 Å². The lowest BCUT2D eigenvalue weighted by atomic mass is 9.98. The summed E-state index contributed by atoms with van der Waals surface area (Å²) < 4.78 is 190. The average Bonchev–Trinajstić information content (AvgIpc) is 0.786. The highest BCUT2D eigenvalue weighted by molar-refractivity contribution is 5.91. The molecular weight excluding hydrogens is 1960 g/mol. The molecule has 0 unspecified atom stereocenters. The van der Waals surface area contributed by atoms with Gasteiger partial charge in [-0.3, -0.25) is 38.4 Å². The molecule has 0 spiro atoms. The maximum atomic E-state index is 12.9. The molecule has 0 aliphatic carbocycles. The largest absolute Gasteiger partial charge is 0.491 e. The van der Waals surface area contributed by atoms with Crippen molar-refractivity contribution < 1.29 is 209 Å². The minimum absolute atomic E-state index is 0.0154. The average molecular weight is 2090 g/mol. The topological polar surface area (TPSA) is 509 Å².